The summed E-state index contributed by atoms with van der Waals surface area (Å²) < 4.78 is 4.73. The van der Waals surface area contributed by atoms with E-state index in [9.17, 15) is 9.59 Å². The van der Waals surface area contributed by atoms with Crippen LogP contribution in [0.3, 0.4) is 0 Å². The summed E-state index contributed by atoms with van der Waals surface area (Å²) in [5, 5.41) is 0. The first-order chi connectivity index (χ1) is 12.2. The van der Waals surface area contributed by atoms with E-state index in [2.05, 4.69) is 4.90 Å². The lowest BCUT2D eigenvalue weighted by molar-refractivity contribution is 0.0600. The molecule has 1 aromatic carbocycles. The Hall–Kier alpha value is -1.88. The Kier molecular flexibility index (Phi) is 6.08. The molecule has 0 atom stereocenters. The van der Waals surface area contributed by atoms with Gasteiger partial charge in [-0.1, -0.05) is 25.3 Å². The SMILES string of the molecule is COC(=O)c1cccc(C(=O)N2CCN(CC3CCCCC3)CC2)c1. The number of carbonyl (C=O) groups is 2. The molecule has 25 heavy (non-hydrogen) atoms. The first-order valence-corrected chi connectivity index (χ1v) is 9.37. The number of hydrogen-bond acceptors (Lipinski definition) is 4. The molecule has 0 bridgehead atoms. The van der Waals surface area contributed by atoms with Gasteiger partial charge in [0.25, 0.3) is 5.91 Å². The van der Waals surface area contributed by atoms with E-state index in [1.165, 1.54) is 45.8 Å². The van der Waals surface area contributed by atoms with Gasteiger partial charge in [0.1, 0.15) is 0 Å². The van der Waals surface area contributed by atoms with Crippen LogP contribution in [-0.4, -0.2) is 61.5 Å². The van der Waals surface area contributed by atoms with E-state index in [1.54, 1.807) is 24.3 Å². The molecule has 0 aromatic heterocycles. The lowest BCUT2D eigenvalue weighted by atomic mass is 9.89. The maximum atomic E-state index is 12.7. The third-order valence-electron chi connectivity index (χ3n) is 5.43. The summed E-state index contributed by atoms with van der Waals surface area (Å²) in [6.45, 7) is 4.58. The second-order valence-corrected chi connectivity index (χ2v) is 7.17. The fourth-order valence-electron chi connectivity index (χ4n) is 3.95. The smallest absolute Gasteiger partial charge is 0.337 e. The lowest BCUT2D eigenvalue weighted by Gasteiger charge is -2.37. The lowest BCUT2D eigenvalue weighted by Crippen LogP contribution is -2.49. The summed E-state index contributed by atoms with van der Waals surface area (Å²) >= 11 is 0. The quantitative estimate of drug-likeness (QED) is 0.788. The van der Waals surface area contributed by atoms with Crippen LogP contribution in [0.5, 0.6) is 0 Å². The highest BCUT2D eigenvalue weighted by molar-refractivity contribution is 5.98. The van der Waals surface area contributed by atoms with Crippen molar-refractivity contribution in [2.75, 3.05) is 39.8 Å². The summed E-state index contributed by atoms with van der Waals surface area (Å²) in [4.78, 5) is 28.8. The normalized spacial score (nSPS) is 19.6. The fraction of sp³-hybridized carbons (Fsp3) is 0.600. The Balaban J connectivity index is 1.53. The maximum absolute atomic E-state index is 12.7. The van der Waals surface area contributed by atoms with Crippen LogP contribution in [0, 0.1) is 5.92 Å². The van der Waals surface area contributed by atoms with Gasteiger partial charge in [0.05, 0.1) is 12.7 Å². The number of rotatable bonds is 4. The van der Waals surface area contributed by atoms with Gasteiger partial charge >= 0.3 is 5.97 Å². The molecule has 0 spiro atoms. The van der Waals surface area contributed by atoms with Crippen molar-refractivity contribution >= 4 is 11.9 Å². The monoisotopic (exact) mass is 344 g/mol. The molecule has 0 radical (unpaired) electrons. The fourth-order valence-corrected chi connectivity index (χ4v) is 3.95. The molecule has 2 fully saturated rings. The molecular weight excluding hydrogens is 316 g/mol. The average molecular weight is 344 g/mol. The standard InChI is InChI=1S/C20H28N2O3/c1-25-20(24)18-9-5-8-17(14-18)19(23)22-12-10-21(11-13-22)15-16-6-3-2-4-7-16/h5,8-9,14,16H,2-4,6-7,10-13,15H2,1H3. The number of hydrogen-bond donors (Lipinski definition) is 0. The van der Waals surface area contributed by atoms with E-state index in [4.69, 9.17) is 4.74 Å². The average Bonchev–Trinajstić information content (AvgIpc) is 2.68. The second kappa shape index (κ2) is 8.48. The van der Waals surface area contributed by atoms with Crippen molar-refractivity contribution < 1.29 is 14.3 Å². The van der Waals surface area contributed by atoms with E-state index < -0.39 is 5.97 Å². The van der Waals surface area contributed by atoms with Gasteiger partial charge in [0.15, 0.2) is 0 Å². The van der Waals surface area contributed by atoms with E-state index in [-0.39, 0.29) is 5.91 Å². The zero-order valence-corrected chi connectivity index (χ0v) is 15.1. The van der Waals surface area contributed by atoms with Gasteiger partial charge in [0.2, 0.25) is 0 Å². The van der Waals surface area contributed by atoms with Crippen LogP contribution in [0.4, 0.5) is 0 Å². The van der Waals surface area contributed by atoms with E-state index >= 15 is 0 Å². The molecular formula is C20H28N2O3. The molecule has 1 saturated heterocycles. The summed E-state index contributed by atoms with van der Waals surface area (Å²) in [7, 11) is 1.35. The van der Waals surface area contributed by atoms with E-state index in [0.29, 0.717) is 11.1 Å². The molecule has 1 aliphatic heterocycles. The number of piperazine rings is 1. The number of nitrogens with zero attached hydrogens (tertiary/aromatic N) is 2. The van der Waals surface area contributed by atoms with Crippen LogP contribution in [0.15, 0.2) is 24.3 Å². The molecule has 1 saturated carbocycles. The summed E-state index contributed by atoms with van der Waals surface area (Å²) in [5.41, 5.74) is 0.980. The maximum Gasteiger partial charge on any atom is 0.337 e. The first kappa shape index (κ1) is 17.9. The van der Waals surface area contributed by atoms with Crippen molar-refractivity contribution in [3.05, 3.63) is 35.4 Å². The van der Waals surface area contributed by atoms with Gasteiger partial charge in [-0.2, -0.15) is 0 Å². The summed E-state index contributed by atoms with van der Waals surface area (Å²) in [6.07, 6.45) is 6.86. The molecule has 1 heterocycles. The molecule has 1 amide bonds. The molecule has 1 aromatic rings. The van der Waals surface area contributed by atoms with Gasteiger partial charge in [-0.3, -0.25) is 9.69 Å². The van der Waals surface area contributed by atoms with Crippen LogP contribution in [0.1, 0.15) is 52.8 Å². The Morgan fingerprint density at radius 1 is 1.04 bits per heavy atom. The Morgan fingerprint density at radius 2 is 1.72 bits per heavy atom. The van der Waals surface area contributed by atoms with Gasteiger partial charge in [0, 0.05) is 38.3 Å². The van der Waals surface area contributed by atoms with Crippen molar-refractivity contribution in [1.29, 1.82) is 0 Å². The number of benzene rings is 1. The van der Waals surface area contributed by atoms with E-state index in [1.807, 2.05) is 4.90 Å². The van der Waals surface area contributed by atoms with Gasteiger partial charge in [-0.15, -0.1) is 0 Å². The first-order valence-electron chi connectivity index (χ1n) is 9.37. The molecule has 0 N–H and O–H groups in total. The highest BCUT2D eigenvalue weighted by Crippen LogP contribution is 2.25. The molecule has 5 heteroatoms. The van der Waals surface area contributed by atoms with Crippen LogP contribution < -0.4 is 0 Å². The van der Waals surface area contributed by atoms with Crippen LogP contribution in [0.2, 0.25) is 0 Å². The van der Waals surface area contributed by atoms with Gasteiger partial charge < -0.3 is 9.64 Å². The van der Waals surface area contributed by atoms with E-state index in [0.717, 1.165) is 32.1 Å². The molecule has 1 aliphatic carbocycles. The summed E-state index contributed by atoms with van der Waals surface area (Å²) in [5.74, 6) is 0.433. The van der Waals surface area contributed by atoms with Crippen LogP contribution in [0.25, 0.3) is 0 Å². The molecule has 3 rings (SSSR count). The number of carbonyl (C=O) groups excluding carboxylic acids is 2. The van der Waals surface area contributed by atoms with Crippen molar-refractivity contribution in [3.8, 4) is 0 Å². The molecule has 0 unspecified atom stereocenters. The molecule has 2 aliphatic rings. The third-order valence-corrected chi connectivity index (χ3v) is 5.43. The number of methoxy groups -OCH3 is 1. The van der Waals surface area contributed by atoms with Crippen LogP contribution >= 0.6 is 0 Å². The Labute approximate surface area is 149 Å². The van der Waals surface area contributed by atoms with Gasteiger partial charge in [-0.25, -0.2) is 4.79 Å². The van der Waals surface area contributed by atoms with Crippen molar-refractivity contribution in [1.82, 2.24) is 9.80 Å². The summed E-state index contributed by atoms with van der Waals surface area (Å²) in [6, 6.07) is 6.80. The number of ether oxygens (including phenoxy) is 1. The Bertz CT molecular complexity index is 603. The van der Waals surface area contributed by atoms with Crippen molar-refractivity contribution in [2.24, 2.45) is 5.92 Å². The Morgan fingerprint density at radius 3 is 2.40 bits per heavy atom. The predicted octanol–water partition coefficient (Wildman–Crippen LogP) is 2.81. The third kappa shape index (κ3) is 4.60. The minimum atomic E-state index is -0.410. The largest absolute Gasteiger partial charge is 0.465 e. The minimum absolute atomic E-state index is 0.00284. The number of amides is 1. The second-order valence-electron chi connectivity index (χ2n) is 7.17. The molecule has 136 valence electrons. The van der Waals surface area contributed by atoms with Crippen molar-refractivity contribution in [3.63, 3.8) is 0 Å². The highest BCUT2D eigenvalue weighted by Gasteiger charge is 2.25. The minimum Gasteiger partial charge on any atom is -0.465 e. The number of esters is 1. The van der Waals surface area contributed by atoms with Gasteiger partial charge in [-0.05, 0) is 37.0 Å². The topological polar surface area (TPSA) is 49.9 Å². The predicted molar refractivity (Wildman–Crippen MR) is 96.7 cm³/mol. The van der Waals surface area contributed by atoms with Crippen molar-refractivity contribution in [2.45, 2.75) is 32.1 Å². The van der Waals surface area contributed by atoms with Crippen LogP contribution in [-0.2, 0) is 4.74 Å². The zero-order chi connectivity index (χ0) is 17.6. The zero-order valence-electron chi connectivity index (χ0n) is 15.1. The highest BCUT2D eigenvalue weighted by atomic mass is 16.5. The molecule has 5 nitrogen and oxygen atoms in total.